The van der Waals surface area contributed by atoms with Gasteiger partial charge >= 0.3 is 18.0 Å². The Morgan fingerprint density at radius 3 is 1.64 bits per heavy atom. The first-order chi connectivity index (χ1) is 6.06. The highest BCUT2D eigenvalue weighted by molar-refractivity contribution is 6.25. The molecule has 0 aromatic rings. The fraction of sp³-hybridized carbons (Fsp3) is 1.00. The molecule has 0 rings (SSSR count). The predicted molar refractivity (Wildman–Crippen MR) is 33.3 cm³/mol. The van der Waals surface area contributed by atoms with Crippen molar-refractivity contribution in [1.82, 2.24) is 0 Å². The summed E-state index contributed by atoms with van der Waals surface area (Å²) in [6.45, 7) is 0. The molecule has 0 unspecified atom stereocenters. The van der Waals surface area contributed by atoms with Crippen LogP contribution in [0.1, 0.15) is 6.42 Å². The van der Waals surface area contributed by atoms with E-state index in [1.165, 1.54) is 0 Å². The Hall–Kier alpha value is -0.313. The molecule has 0 amide bonds. The second-order valence-electron chi connectivity index (χ2n) is 2.43. The fourth-order valence-corrected chi connectivity index (χ4v) is 1.00. The van der Waals surface area contributed by atoms with E-state index in [1.807, 2.05) is 0 Å². The van der Waals surface area contributed by atoms with Crippen LogP contribution in [0.25, 0.3) is 0 Å². The van der Waals surface area contributed by atoms with Crippen LogP contribution in [0.15, 0.2) is 0 Å². The molecule has 2 radical (unpaired) electrons. The molecule has 1 N–H and O–H groups in total. The summed E-state index contributed by atoms with van der Waals surface area (Å²) in [5.74, 6) is -11.2. The molecular weight excluding hydrogens is 237 g/mol. The van der Waals surface area contributed by atoms with E-state index in [-0.39, 0.29) is 0 Å². The van der Waals surface area contributed by atoms with Crippen molar-refractivity contribution in [3.05, 3.63) is 0 Å². The van der Waals surface area contributed by atoms with Crippen molar-refractivity contribution < 1.29 is 35.5 Å². The Morgan fingerprint density at radius 2 is 1.36 bits per heavy atom. The molecule has 0 aromatic carbocycles. The van der Waals surface area contributed by atoms with Crippen LogP contribution in [-0.2, 0) is 0 Å². The summed E-state index contributed by atoms with van der Waals surface area (Å²) in [5, 5.41) is 0. The molecule has 0 saturated heterocycles. The monoisotopic (exact) mass is 242 g/mol. The summed E-state index contributed by atoms with van der Waals surface area (Å²) >= 11 is 0. The van der Waals surface area contributed by atoms with Gasteiger partial charge in [-0.15, -0.1) is 0 Å². The van der Waals surface area contributed by atoms with Crippen LogP contribution < -0.4 is 0 Å². The summed E-state index contributed by atoms with van der Waals surface area (Å²) in [5.41, 5.74) is 0. The predicted octanol–water partition coefficient (Wildman–Crippen LogP) is 2.24. The third-order valence-corrected chi connectivity index (χ3v) is 1.84. The third kappa shape index (κ3) is 2.59. The van der Waals surface area contributed by atoms with Gasteiger partial charge in [-0.1, -0.05) is 0 Å². The van der Waals surface area contributed by atoms with Crippen LogP contribution in [0.3, 0.4) is 0 Å². The van der Waals surface area contributed by atoms with Gasteiger partial charge in [-0.05, 0) is 6.04 Å². The van der Waals surface area contributed by atoms with Gasteiger partial charge in [-0.2, -0.15) is 30.7 Å². The summed E-state index contributed by atoms with van der Waals surface area (Å²) in [6, 6.07) is -0.793. The molecule has 0 saturated carbocycles. The van der Waals surface area contributed by atoms with E-state index < -0.39 is 40.2 Å². The zero-order chi connectivity index (χ0) is 11.6. The topological polar surface area (TPSA) is 20.2 Å². The summed E-state index contributed by atoms with van der Waals surface area (Å²) in [4.78, 5) is 8.07. The highest BCUT2D eigenvalue weighted by Gasteiger charge is 2.72. The van der Waals surface area contributed by atoms with Crippen LogP contribution >= 0.6 is 0 Å². The van der Waals surface area contributed by atoms with E-state index in [4.69, 9.17) is 4.80 Å². The van der Waals surface area contributed by atoms with Gasteiger partial charge in [0.1, 0.15) is 0 Å². The minimum atomic E-state index is -6.28. The molecule has 0 aliphatic heterocycles. The van der Waals surface area contributed by atoms with Gasteiger partial charge in [0, 0.05) is 6.42 Å². The molecule has 0 spiro atoms. The maximum Gasteiger partial charge on any atom is 0.459 e. The molecule has 0 bridgehead atoms. The average molecular weight is 242 g/mol. The van der Waals surface area contributed by atoms with E-state index >= 15 is 0 Å². The van der Waals surface area contributed by atoms with Gasteiger partial charge in [0.25, 0.3) is 0 Å². The van der Waals surface area contributed by atoms with Crippen LogP contribution in [-0.4, -0.2) is 32.6 Å². The van der Waals surface area contributed by atoms with E-state index in [1.54, 1.807) is 0 Å². The second kappa shape index (κ2) is 4.05. The molecule has 9 heteroatoms. The number of hydrogen-bond donors (Lipinski definition) is 1. The summed E-state index contributed by atoms with van der Waals surface area (Å²) < 4.78 is 83.2. The number of rotatable bonds is 4. The standard InChI is InChI=1S/C5H5F7OSi/c6-3(7,1-2-14-13)4(8,9)5(10,11)12/h13H,1-2H2. The summed E-state index contributed by atoms with van der Waals surface area (Å²) in [7, 11) is -1.09. The Labute approximate surface area is 76.8 Å². The van der Waals surface area contributed by atoms with Crippen molar-refractivity contribution in [2.75, 3.05) is 0 Å². The van der Waals surface area contributed by atoms with E-state index in [0.717, 1.165) is 0 Å². The zero-order valence-electron chi connectivity index (χ0n) is 6.51. The molecular formula is C5H5F7OSi. The van der Waals surface area contributed by atoms with Crippen molar-refractivity contribution >= 4 is 9.76 Å². The molecule has 1 nitrogen and oxygen atoms in total. The first-order valence-corrected chi connectivity index (χ1v) is 4.41. The maximum atomic E-state index is 12.3. The molecule has 0 aliphatic carbocycles. The van der Waals surface area contributed by atoms with Crippen molar-refractivity contribution in [3.8, 4) is 0 Å². The quantitative estimate of drug-likeness (QED) is 0.592. The van der Waals surface area contributed by atoms with Crippen molar-refractivity contribution in [1.29, 1.82) is 0 Å². The number of alkyl halides is 7. The third-order valence-electron chi connectivity index (χ3n) is 1.37. The van der Waals surface area contributed by atoms with E-state index in [2.05, 4.69) is 0 Å². The molecule has 0 aliphatic rings. The minimum absolute atomic E-state index is 0.793. The zero-order valence-corrected chi connectivity index (χ0v) is 7.51. The van der Waals surface area contributed by atoms with Crippen LogP contribution in [0.4, 0.5) is 30.7 Å². The van der Waals surface area contributed by atoms with Gasteiger partial charge in [0.15, 0.2) is 0 Å². The highest BCUT2D eigenvalue weighted by Crippen LogP contribution is 2.48. The molecule has 0 heterocycles. The lowest BCUT2D eigenvalue weighted by Crippen LogP contribution is -2.51. The SMILES string of the molecule is O[Si]CCC(F)(F)C(F)(F)C(F)(F)F. The molecule has 84 valence electrons. The van der Waals surface area contributed by atoms with Crippen molar-refractivity contribution in [3.63, 3.8) is 0 Å². The number of hydrogen-bond acceptors (Lipinski definition) is 1. The maximum absolute atomic E-state index is 12.3. The smallest absolute Gasteiger partial charge is 0.432 e. The first-order valence-electron chi connectivity index (χ1n) is 3.25. The normalized spacial score (nSPS) is 14.6. The molecule has 14 heavy (non-hydrogen) atoms. The van der Waals surface area contributed by atoms with Gasteiger partial charge in [-0.25, -0.2) is 0 Å². The van der Waals surface area contributed by atoms with Crippen LogP contribution in [0.2, 0.25) is 6.04 Å². The lowest BCUT2D eigenvalue weighted by Gasteiger charge is -2.27. The highest BCUT2D eigenvalue weighted by atomic mass is 28.2. The van der Waals surface area contributed by atoms with Gasteiger partial charge < -0.3 is 4.80 Å². The fourth-order valence-electron chi connectivity index (χ4n) is 0.577. The van der Waals surface area contributed by atoms with E-state index in [0.29, 0.717) is 0 Å². The van der Waals surface area contributed by atoms with E-state index in [9.17, 15) is 30.7 Å². The van der Waals surface area contributed by atoms with Gasteiger partial charge in [-0.3, -0.25) is 0 Å². The van der Waals surface area contributed by atoms with Crippen LogP contribution in [0.5, 0.6) is 0 Å². The Bertz CT molecular complexity index is 189. The van der Waals surface area contributed by atoms with Crippen molar-refractivity contribution in [2.24, 2.45) is 0 Å². The molecule has 0 fully saturated rings. The Morgan fingerprint density at radius 1 is 0.929 bits per heavy atom. The second-order valence-corrected chi connectivity index (χ2v) is 3.25. The Kier molecular flexibility index (Phi) is 3.96. The first kappa shape index (κ1) is 13.7. The minimum Gasteiger partial charge on any atom is -0.432 e. The summed E-state index contributed by atoms with van der Waals surface area (Å²) in [6.07, 6.45) is -7.98. The van der Waals surface area contributed by atoms with Gasteiger partial charge in [0.2, 0.25) is 9.76 Å². The lowest BCUT2D eigenvalue weighted by molar-refractivity contribution is -0.354. The average Bonchev–Trinajstić information content (AvgIpc) is 1.98. The number of halogens is 7. The van der Waals surface area contributed by atoms with Crippen LogP contribution in [0, 0.1) is 0 Å². The molecule has 0 atom stereocenters. The lowest BCUT2D eigenvalue weighted by atomic mass is 10.1. The molecule has 0 aromatic heterocycles. The van der Waals surface area contributed by atoms with Crippen molar-refractivity contribution in [2.45, 2.75) is 30.5 Å². The van der Waals surface area contributed by atoms with Gasteiger partial charge in [0.05, 0.1) is 0 Å². The largest absolute Gasteiger partial charge is 0.459 e. The Balaban J connectivity index is 4.69.